The Balaban J connectivity index is 0. The fraction of sp³-hybridized carbons (Fsp3) is 0.125. The average Bonchev–Trinajstić information content (AvgIpc) is 1.88. The summed E-state index contributed by atoms with van der Waals surface area (Å²) in [5.41, 5.74) is 6.28. The van der Waals surface area contributed by atoms with E-state index in [9.17, 15) is 0 Å². The van der Waals surface area contributed by atoms with Crippen molar-refractivity contribution >= 4 is 11.6 Å². The standard InChI is InChI=1S/C7H7ClN.CH3.U/c8-7-3-1-2-6(4-7)5-9;;/h1,3-4H,5,9H2;1H3;/q2*-1;+2. The Morgan fingerprint density at radius 1 is 1.55 bits per heavy atom. The van der Waals surface area contributed by atoms with Crippen LogP contribution in [0.25, 0.3) is 0 Å². The van der Waals surface area contributed by atoms with Crippen LogP contribution in [0.4, 0.5) is 0 Å². The smallest absolute Gasteiger partial charge is 0.358 e. The van der Waals surface area contributed by atoms with E-state index in [0.29, 0.717) is 11.6 Å². The molecule has 1 aromatic rings. The Hall–Kier alpha value is 0.522. The zero-order chi connectivity index (χ0) is 6.69. The Morgan fingerprint density at radius 3 is 2.55 bits per heavy atom. The molecule has 58 valence electrons. The summed E-state index contributed by atoms with van der Waals surface area (Å²) in [7, 11) is 0. The van der Waals surface area contributed by atoms with E-state index in [4.69, 9.17) is 17.3 Å². The molecule has 0 unspecified atom stereocenters. The first kappa shape index (κ1) is 14.1. The molecule has 0 aromatic heterocycles. The molecule has 1 nitrogen and oxygen atoms in total. The molecule has 1 rings (SSSR count). The van der Waals surface area contributed by atoms with Crippen molar-refractivity contribution in [3.63, 3.8) is 0 Å². The minimum Gasteiger partial charge on any atom is -0.358 e. The first-order valence-corrected chi connectivity index (χ1v) is 3.07. The molecule has 0 atom stereocenters. The van der Waals surface area contributed by atoms with Gasteiger partial charge in [-0.15, -0.1) is 23.2 Å². The molecular formula is C8H10ClNU. The summed E-state index contributed by atoms with van der Waals surface area (Å²) < 4.78 is 0. The van der Waals surface area contributed by atoms with Gasteiger partial charge in [0.25, 0.3) is 0 Å². The molecule has 0 saturated heterocycles. The third-order valence-electron chi connectivity index (χ3n) is 1.04. The van der Waals surface area contributed by atoms with Crippen LogP contribution in [0.5, 0.6) is 0 Å². The van der Waals surface area contributed by atoms with Gasteiger partial charge in [0.2, 0.25) is 0 Å². The number of hydrogen-bond acceptors (Lipinski definition) is 1. The van der Waals surface area contributed by atoms with E-state index in [-0.39, 0.29) is 38.5 Å². The van der Waals surface area contributed by atoms with Crippen LogP contribution >= 0.6 is 11.6 Å². The van der Waals surface area contributed by atoms with Gasteiger partial charge >= 0.3 is 31.1 Å². The van der Waals surface area contributed by atoms with Gasteiger partial charge in [0.05, 0.1) is 0 Å². The van der Waals surface area contributed by atoms with Gasteiger partial charge in [0.15, 0.2) is 0 Å². The van der Waals surface area contributed by atoms with E-state index < -0.39 is 0 Å². The summed E-state index contributed by atoms with van der Waals surface area (Å²) in [5, 5.41) is 0.717. The zero-order valence-electron chi connectivity index (χ0n) is 6.39. The van der Waals surface area contributed by atoms with Gasteiger partial charge in [0, 0.05) is 0 Å². The topological polar surface area (TPSA) is 26.0 Å². The van der Waals surface area contributed by atoms with Crippen molar-refractivity contribution in [3.8, 4) is 0 Å². The molecule has 0 radical (unpaired) electrons. The summed E-state index contributed by atoms with van der Waals surface area (Å²) >= 11 is 5.65. The second-order valence-corrected chi connectivity index (χ2v) is 2.17. The Morgan fingerprint density at radius 2 is 2.18 bits per heavy atom. The molecule has 11 heavy (non-hydrogen) atoms. The number of hydrogen-bond donors (Lipinski definition) is 1. The van der Waals surface area contributed by atoms with Crippen LogP contribution in [0.2, 0.25) is 5.02 Å². The van der Waals surface area contributed by atoms with Gasteiger partial charge in [-0.1, -0.05) is 5.02 Å². The average molecular weight is 394 g/mol. The van der Waals surface area contributed by atoms with Crippen molar-refractivity contribution in [3.05, 3.63) is 42.3 Å². The molecular weight excluding hydrogens is 384 g/mol. The first-order valence-electron chi connectivity index (χ1n) is 2.69. The molecule has 0 bridgehead atoms. The zero-order valence-corrected chi connectivity index (χ0v) is 11.3. The van der Waals surface area contributed by atoms with E-state index in [1.165, 1.54) is 0 Å². The van der Waals surface area contributed by atoms with Crippen molar-refractivity contribution in [2.45, 2.75) is 6.54 Å². The number of halogens is 1. The maximum absolute atomic E-state index is 5.65. The molecule has 0 fully saturated rings. The molecule has 1 aromatic carbocycles. The predicted octanol–water partition coefficient (Wildman–Crippen LogP) is 2.05. The van der Waals surface area contributed by atoms with Crippen molar-refractivity contribution < 1.29 is 31.1 Å². The molecule has 2 N–H and O–H groups in total. The van der Waals surface area contributed by atoms with Crippen LogP contribution in [0.15, 0.2) is 18.2 Å². The van der Waals surface area contributed by atoms with Crippen LogP contribution in [0.1, 0.15) is 5.56 Å². The van der Waals surface area contributed by atoms with Crippen molar-refractivity contribution in [2.24, 2.45) is 5.73 Å². The summed E-state index contributed by atoms with van der Waals surface area (Å²) in [4.78, 5) is 0. The fourth-order valence-corrected chi connectivity index (χ4v) is 0.797. The van der Waals surface area contributed by atoms with E-state index in [0.717, 1.165) is 5.56 Å². The normalized spacial score (nSPS) is 7.82. The van der Waals surface area contributed by atoms with E-state index in [2.05, 4.69) is 6.07 Å². The maximum Gasteiger partial charge on any atom is 2.00 e. The van der Waals surface area contributed by atoms with Gasteiger partial charge in [-0.2, -0.15) is 18.2 Å². The van der Waals surface area contributed by atoms with Gasteiger partial charge < -0.3 is 13.2 Å². The van der Waals surface area contributed by atoms with E-state index in [1.807, 2.05) is 6.07 Å². The number of benzene rings is 1. The Kier molecular flexibility index (Phi) is 9.19. The van der Waals surface area contributed by atoms with Crippen molar-refractivity contribution in [2.75, 3.05) is 0 Å². The van der Waals surface area contributed by atoms with Crippen LogP contribution in [0, 0.1) is 44.6 Å². The van der Waals surface area contributed by atoms with Crippen molar-refractivity contribution in [1.29, 1.82) is 0 Å². The quantitative estimate of drug-likeness (QED) is 0.726. The molecule has 0 heterocycles. The molecule has 0 amide bonds. The summed E-state index contributed by atoms with van der Waals surface area (Å²) in [6.07, 6.45) is 0. The third-order valence-corrected chi connectivity index (χ3v) is 1.28. The van der Waals surface area contributed by atoms with Gasteiger partial charge in [-0.25, -0.2) is 0 Å². The van der Waals surface area contributed by atoms with E-state index in [1.54, 1.807) is 12.1 Å². The largest absolute Gasteiger partial charge is 2.00 e. The monoisotopic (exact) mass is 393 g/mol. The fourth-order valence-electron chi connectivity index (χ4n) is 0.602. The Bertz CT molecular complexity index is 203. The molecule has 0 saturated carbocycles. The Labute approximate surface area is 96.7 Å². The molecule has 3 heteroatoms. The minimum atomic E-state index is 0. The van der Waals surface area contributed by atoms with Crippen LogP contribution in [-0.2, 0) is 6.54 Å². The molecule has 0 aliphatic carbocycles. The number of nitrogens with two attached hydrogens (primary N) is 1. The second kappa shape index (κ2) is 7.19. The van der Waals surface area contributed by atoms with E-state index >= 15 is 0 Å². The van der Waals surface area contributed by atoms with Gasteiger partial charge in [0.1, 0.15) is 0 Å². The number of rotatable bonds is 1. The summed E-state index contributed by atoms with van der Waals surface area (Å²) in [5.74, 6) is 0. The van der Waals surface area contributed by atoms with Gasteiger partial charge in [-0.05, 0) is 6.54 Å². The third kappa shape index (κ3) is 4.87. The first-order chi connectivity index (χ1) is 4.33. The molecule has 0 spiro atoms. The molecule has 0 aliphatic heterocycles. The maximum atomic E-state index is 5.65. The van der Waals surface area contributed by atoms with Crippen LogP contribution < -0.4 is 5.73 Å². The van der Waals surface area contributed by atoms with Crippen molar-refractivity contribution in [1.82, 2.24) is 0 Å². The SMILES string of the molecule is NCc1[c-]ccc(Cl)c1.[CH3-].[U+2]. The van der Waals surface area contributed by atoms with Gasteiger partial charge in [-0.3, -0.25) is 0 Å². The second-order valence-electron chi connectivity index (χ2n) is 1.74. The predicted molar refractivity (Wildman–Crippen MR) is 44.6 cm³/mol. The minimum absolute atomic E-state index is 0. The summed E-state index contributed by atoms with van der Waals surface area (Å²) in [6.45, 7) is 0.501. The van der Waals surface area contributed by atoms with Crippen LogP contribution in [0.3, 0.4) is 0 Å². The molecule has 0 aliphatic rings. The van der Waals surface area contributed by atoms with Crippen LogP contribution in [-0.4, -0.2) is 0 Å². The summed E-state index contributed by atoms with van der Waals surface area (Å²) in [6, 6.07) is 8.30.